The van der Waals surface area contributed by atoms with Crippen LogP contribution < -0.4 is 11.1 Å². The maximum Gasteiger partial charge on any atom is 0.224 e. The fraction of sp³-hybridized carbons (Fsp3) is 0.375. The first-order chi connectivity index (χ1) is 6.33. The third-order valence-corrected chi connectivity index (χ3v) is 1.45. The zero-order valence-electron chi connectivity index (χ0n) is 7.23. The lowest BCUT2D eigenvalue weighted by atomic mass is 10.3. The number of carbonyl (C=O) groups excluding carboxylic acids is 1. The van der Waals surface area contributed by atoms with Gasteiger partial charge in [0.2, 0.25) is 5.91 Å². The van der Waals surface area contributed by atoms with Crippen LogP contribution in [0.1, 0.15) is 12.8 Å². The van der Waals surface area contributed by atoms with E-state index in [1.807, 2.05) is 0 Å². The number of rotatable bonds is 4. The quantitative estimate of drug-likeness (QED) is 0.691. The van der Waals surface area contributed by atoms with Gasteiger partial charge in [-0.3, -0.25) is 4.79 Å². The minimum Gasteiger partial charge on any atom is -0.330 e. The van der Waals surface area contributed by atoms with Gasteiger partial charge in [-0.25, -0.2) is 9.97 Å². The lowest BCUT2D eigenvalue weighted by molar-refractivity contribution is -0.116. The van der Waals surface area contributed by atoms with Crippen LogP contribution in [0.2, 0.25) is 0 Å². The van der Waals surface area contributed by atoms with Crippen molar-refractivity contribution < 1.29 is 4.79 Å². The molecule has 1 aromatic heterocycles. The van der Waals surface area contributed by atoms with Crippen LogP contribution in [0.25, 0.3) is 0 Å². The summed E-state index contributed by atoms with van der Waals surface area (Å²) in [7, 11) is 0. The van der Waals surface area contributed by atoms with Gasteiger partial charge in [-0.05, 0) is 13.0 Å². The van der Waals surface area contributed by atoms with E-state index in [2.05, 4.69) is 15.3 Å². The van der Waals surface area contributed by atoms with Gasteiger partial charge in [0.1, 0.15) is 6.33 Å². The summed E-state index contributed by atoms with van der Waals surface area (Å²) in [5.74, 6) is -0.0553. The lowest BCUT2D eigenvalue weighted by Crippen LogP contribution is -2.13. The van der Waals surface area contributed by atoms with Crippen LogP contribution in [0.5, 0.6) is 0 Å². The lowest BCUT2D eigenvalue weighted by Gasteiger charge is -2.02. The standard InChI is InChI=1S/C8H12N4O/c9-3-1-2-8(13)12-7-4-10-6-11-5-7/h4-6H,1-3,9H2,(H,12,13). The highest BCUT2D eigenvalue weighted by Gasteiger charge is 2.00. The number of nitrogens with one attached hydrogen (secondary N) is 1. The number of nitrogens with zero attached hydrogens (tertiary/aromatic N) is 2. The molecule has 0 aliphatic rings. The van der Waals surface area contributed by atoms with Crippen LogP contribution in [0.4, 0.5) is 5.69 Å². The number of carbonyl (C=O) groups is 1. The molecule has 70 valence electrons. The number of anilines is 1. The summed E-state index contributed by atoms with van der Waals surface area (Å²) < 4.78 is 0. The normalized spacial score (nSPS) is 9.62. The number of hydrogen-bond acceptors (Lipinski definition) is 4. The summed E-state index contributed by atoms with van der Waals surface area (Å²) in [6.07, 6.45) is 5.64. The Kier molecular flexibility index (Phi) is 3.84. The van der Waals surface area contributed by atoms with E-state index in [-0.39, 0.29) is 5.91 Å². The second-order valence-corrected chi connectivity index (χ2v) is 2.57. The summed E-state index contributed by atoms with van der Waals surface area (Å²) in [4.78, 5) is 18.7. The molecule has 5 nitrogen and oxygen atoms in total. The van der Waals surface area contributed by atoms with E-state index < -0.39 is 0 Å². The molecule has 1 amide bonds. The van der Waals surface area contributed by atoms with Gasteiger partial charge in [-0.1, -0.05) is 0 Å². The summed E-state index contributed by atoms with van der Waals surface area (Å²) in [5, 5.41) is 2.66. The Morgan fingerprint density at radius 3 is 2.77 bits per heavy atom. The van der Waals surface area contributed by atoms with E-state index in [1.54, 1.807) is 12.4 Å². The minimum absolute atomic E-state index is 0.0553. The molecule has 3 N–H and O–H groups in total. The van der Waals surface area contributed by atoms with Gasteiger partial charge in [0.25, 0.3) is 0 Å². The van der Waals surface area contributed by atoms with Crippen molar-refractivity contribution in [1.29, 1.82) is 0 Å². The Morgan fingerprint density at radius 2 is 2.15 bits per heavy atom. The second kappa shape index (κ2) is 5.21. The van der Waals surface area contributed by atoms with Crippen molar-refractivity contribution in [2.24, 2.45) is 5.73 Å². The molecule has 0 aliphatic heterocycles. The minimum atomic E-state index is -0.0553. The molecule has 13 heavy (non-hydrogen) atoms. The van der Waals surface area contributed by atoms with Gasteiger partial charge in [0.15, 0.2) is 0 Å². The molecule has 1 rings (SSSR count). The van der Waals surface area contributed by atoms with Crippen molar-refractivity contribution in [3.63, 3.8) is 0 Å². The molecule has 0 saturated heterocycles. The second-order valence-electron chi connectivity index (χ2n) is 2.57. The molecule has 0 fully saturated rings. The third-order valence-electron chi connectivity index (χ3n) is 1.45. The van der Waals surface area contributed by atoms with Crippen LogP contribution in [-0.4, -0.2) is 22.4 Å². The first kappa shape index (κ1) is 9.60. The molecular formula is C8H12N4O. The van der Waals surface area contributed by atoms with Gasteiger partial charge in [0, 0.05) is 6.42 Å². The van der Waals surface area contributed by atoms with Crippen molar-refractivity contribution >= 4 is 11.6 Å². The average Bonchev–Trinajstić information content (AvgIpc) is 2.16. The van der Waals surface area contributed by atoms with Crippen LogP contribution >= 0.6 is 0 Å². The SMILES string of the molecule is NCCCC(=O)Nc1cncnc1. The van der Waals surface area contributed by atoms with Crippen LogP contribution in [0.3, 0.4) is 0 Å². The van der Waals surface area contributed by atoms with Crippen molar-refractivity contribution in [3.05, 3.63) is 18.7 Å². The van der Waals surface area contributed by atoms with Crippen LogP contribution in [-0.2, 0) is 4.79 Å². The predicted octanol–water partition coefficient (Wildman–Crippen LogP) is 0.154. The Hall–Kier alpha value is -1.49. The average molecular weight is 180 g/mol. The fourth-order valence-electron chi connectivity index (χ4n) is 0.850. The zero-order chi connectivity index (χ0) is 9.52. The van der Waals surface area contributed by atoms with Crippen molar-refractivity contribution in [1.82, 2.24) is 9.97 Å². The monoisotopic (exact) mass is 180 g/mol. The molecule has 0 unspecified atom stereocenters. The molecule has 0 saturated carbocycles. The molecule has 0 atom stereocenters. The largest absolute Gasteiger partial charge is 0.330 e. The topological polar surface area (TPSA) is 80.9 Å². The Labute approximate surface area is 76.4 Å². The van der Waals surface area contributed by atoms with Gasteiger partial charge in [0.05, 0.1) is 18.1 Å². The van der Waals surface area contributed by atoms with E-state index in [4.69, 9.17) is 5.73 Å². The smallest absolute Gasteiger partial charge is 0.224 e. The van der Waals surface area contributed by atoms with E-state index in [9.17, 15) is 4.79 Å². The third kappa shape index (κ3) is 3.62. The molecule has 0 spiro atoms. The summed E-state index contributed by atoms with van der Waals surface area (Å²) in [6, 6.07) is 0. The van der Waals surface area contributed by atoms with E-state index in [1.165, 1.54) is 6.33 Å². The van der Waals surface area contributed by atoms with E-state index in [0.29, 0.717) is 25.1 Å². The van der Waals surface area contributed by atoms with Crippen molar-refractivity contribution in [2.75, 3.05) is 11.9 Å². The Balaban J connectivity index is 2.37. The van der Waals surface area contributed by atoms with Crippen molar-refractivity contribution in [2.45, 2.75) is 12.8 Å². The van der Waals surface area contributed by atoms with E-state index >= 15 is 0 Å². The summed E-state index contributed by atoms with van der Waals surface area (Å²) in [5.41, 5.74) is 5.88. The number of amides is 1. The molecule has 5 heteroatoms. The Morgan fingerprint density at radius 1 is 1.46 bits per heavy atom. The molecular weight excluding hydrogens is 168 g/mol. The fourth-order valence-corrected chi connectivity index (χ4v) is 0.850. The van der Waals surface area contributed by atoms with Crippen LogP contribution in [0.15, 0.2) is 18.7 Å². The van der Waals surface area contributed by atoms with E-state index in [0.717, 1.165) is 0 Å². The number of hydrogen-bond donors (Lipinski definition) is 2. The first-order valence-electron chi connectivity index (χ1n) is 4.08. The molecule has 0 radical (unpaired) electrons. The Bertz CT molecular complexity index is 262. The highest BCUT2D eigenvalue weighted by molar-refractivity contribution is 5.90. The highest BCUT2D eigenvalue weighted by Crippen LogP contribution is 2.01. The maximum atomic E-state index is 11.1. The van der Waals surface area contributed by atoms with Gasteiger partial charge >= 0.3 is 0 Å². The summed E-state index contributed by atoms with van der Waals surface area (Å²) in [6.45, 7) is 0.526. The number of aromatic nitrogens is 2. The zero-order valence-corrected chi connectivity index (χ0v) is 7.23. The van der Waals surface area contributed by atoms with Crippen molar-refractivity contribution in [3.8, 4) is 0 Å². The molecule has 1 heterocycles. The molecule has 0 aromatic carbocycles. The molecule has 0 aliphatic carbocycles. The van der Waals surface area contributed by atoms with Gasteiger partial charge < -0.3 is 11.1 Å². The number of nitrogens with two attached hydrogens (primary N) is 1. The van der Waals surface area contributed by atoms with Gasteiger partial charge in [-0.2, -0.15) is 0 Å². The van der Waals surface area contributed by atoms with Crippen LogP contribution in [0, 0.1) is 0 Å². The summed E-state index contributed by atoms with van der Waals surface area (Å²) >= 11 is 0. The highest BCUT2D eigenvalue weighted by atomic mass is 16.1. The molecule has 1 aromatic rings. The predicted molar refractivity (Wildman–Crippen MR) is 49.0 cm³/mol. The maximum absolute atomic E-state index is 11.1. The molecule has 0 bridgehead atoms. The first-order valence-corrected chi connectivity index (χ1v) is 4.08. The van der Waals surface area contributed by atoms with Gasteiger partial charge in [-0.15, -0.1) is 0 Å².